The molecule has 0 radical (unpaired) electrons. The van der Waals surface area contributed by atoms with Crippen molar-refractivity contribution < 1.29 is 9.53 Å². The van der Waals surface area contributed by atoms with E-state index in [0.29, 0.717) is 24.5 Å². The summed E-state index contributed by atoms with van der Waals surface area (Å²) in [5.41, 5.74) is 7.60. The molecule has 0 bridgehead atoms. The number of nitrogens with zero attached hydrogens (tertiary/aromatic N) is 3. The molecule has 7 nitrogen and oxygen atoms in total. The second-order valence-corrected chi connectivity index (χ2v) is 4.32. The highest BCUT2D eigenvalue weighted by Crippen LogP contribution is 2.20. The largest absolute Gasteiger partial charge is 0.465 e. The summed E-state index contributed by atoms with van der Waals surface area (Å²) in [7, 11) is 1.31. The summed E-state index contributed by atoms with van der Waals surface area (Å²) in [6, 6.07) is 1.53. The van der Waals surface area contributed by atoms with Crippen LogP contribution in [0, 0.1) is 6.92 Å². The minimum atomic E-state index is -0.476. The maximum absolute atomic E-state index is 11.5. The summed E-state index contributed by atoms with van der Waals surface area (Å²) in [5, 5.41) is 7.26. The maximum Gasteiger partial charge on any atom is 0.340 e. The van der Waals surface area contributed by atoms with Crippen LogP contribution in [0.3, 0.4) is 0 Å². The average Bonchev–Trinajstić information content (AvgIpc) is 2.85. The number of ether oxygens (including phenoxy) is 1. The number of nitrogens with one attached hydrogen (secondary N) is 1. The maximum atomic E-state index is 11.5. The number of nitrogens with two attached hydrogens (primary N) is 1. The third-order valence-corrected chi connectivity index (χ3v) is 2.79. The third kappa shape index (κ3) is 3.05. The first kappa shape index (κ1) is 13.9. The molecule has 0 saturated carbocycles. The standard InChI is InChI=1S/C13H17N5O2/c1-9-7-17-18(8-9)6-5-16-12-11(14)10(3-4-15-12)13(19)20-2/h3-4,7-8H,5-6,14H2,1-2H3,(H,15,16). The smallest absolute Gasteiger partial charge is 0.340 e. The second-order valence-electron chi connectivity index (χ2n) is 4.32. The molecule has 0 aliphatic rings. The fraction of sp³-hybridized carbons (Fsp3) is 0.308. The van der Waals surface area contributed by atoms with Gasteiger partial charge in [0.1, 0.15) is 5.82 Å². The summed E-state index contributed by atoms with van der Waals surface area (Å²) in [6.07, 6.45) is 5.26. The van der Waals surface area contributed by atoms with Crippen molar-refractivity contribution in [3.05, 3.63) is 35.8 Å². The molecule has 0 fully saturated rings. The Balaban J connectivity index is 2.01. The van der Waals surface area contributed by atoms with Gasteiger partial charge in [-0.1, -0.05) is 0 Å². The van der Waals surface area contributed by atoms with E-state index in [1.54, 1.807) is 6.20 Å². The molecule has 3 N–H and O–H groups in total. The molecular formula is C13H17N5O2. The average molecular weight is 275 g/mol. The molecule has 0 aliphatic heterocycles. The Kier molecular flexibility index (Phi) is 4.19. The monoisotopic (exact) mass is 275 g/mol. The van der Waals surface area contributed by atoms with Crippen LogP contribution in [-0.4, -0.2) is 34.4 Å². The van der Waals surface area contributed by atoms with E-state index in [-0.39, 0.29) is 5.69 Å². The van der Waals surface area contributed by atoms with Crippen molar-refractivity contribution in [3.63, 3.8) is 0 Å². The van der Waals surface area contributed by atoms with E-state index in [1.807, 2.05) is 17.8 Å². The van der Waals surface area contributed by atoms with Gasteiger partial charge >= 0.3 is 5.97 Å². The first-order valence-electron chi connectivity index (χ1n) is 6.17. The third-order valence-electron chi connectivity index (χ3n) is 2.79. The Bertz CT molecular complexity index is 609. The Labute approximate surface area is 116 Å². The quantitative estimate of drug-likeness (QED) is 0.792. The summed E-state index contributed by atoms with van der Waals surface area (Å²) >= 11 is 0. The van der Waals surface area contributed by atoms with Gasteiger partial charge in [-0.2, -0.15) is 5.10 Å². The van der Waals surface area contributed by atoms with Gasteiger partial charge in [-0.15, -0.1) is 0 Å². The molecule has 0 spiro atoms. The zero-order chi connectivity index (χ0) is 14.5. The predicted molar refractivity (Wildman–Crippen MR) is 75.4 cm³/mol. The topological polar surface area (TPSA) is 95.1 Å². The van der Waals surface area contributed by atoms with Gasteiger partial charge < -0.3 is 15.8 Å². The number of carbonyl (C=O) groups is 1. The number of nitrogen functional groups attached to an aromatic ring is 1. The minimum absolute atomic E-state index is 0.288. The fourth-order valence-electron chi connectivity index (χ4n) is 1.78. The molecule has 2 aromatic heterocycles. The van der Waals surface area contributed by atoms with Crippen molar-refractivity contribution in [2.45, 2.75) is 13.5 Å². The van der Waals surface area contributed by atoms with Crippen molar-refractivity contribution in [3.8, 4) is 0 Å². The second kappa shape index (κ2) is 6.05. The number of carbonyl (C=O) groups excluding carboxylic acids is 1. The fourth-order valence-corrected chi connectivity index (χ4v) is 1.78. The Hall–Kier alpha value is -2.57. The number of hydrogen-bond donors (Lipinski definition) is 2. The number of esters is 1. The van der Waals surface area contributed by atoms with Crippen molar-refractivity contribution in [1.29, 1.82) is 0 Å². The van der Waals surface area contributed by atoms with Crippen LogP contribution in [0.25, 0.3) is 0 Å². The molecule has 0 aromatic carbocycles. The lowest BCUT2D eigenvalue weighted by molar-refractivity contribution is 0.0602. The van der Waals surface area contributed by atoms with Crippen LogP contribution in [0.2, 0.25) is 0 Å². The lowest BCUT2D eigenvalue weighted by Gasteiger charge is -2.10. The summed E-state index contributed by atoms with van der Waals surface area (Å²) < 4.78 is 6.48. The summed E-state index contributed by atoms with van der Waals surface area (Å²) in [5.74, 6) is -0.00701. The van der Waals surface area contributed by atoms with E-state index in [0.717, 1.165) is 5.56 Å². The van der Waals surface area contributed by atoms with Gasteiger partial charge in [0, 0.05) is 18.9 Å². The normalized spacial score (nSPS) is 10.3. The zero-order valence-corrected chi connectivity index (χ0v) is 11.5. The lowest BCUT2D eigenvalue weighted by Crippen LogP contribution is -2.15. The van der Waals surface area contributed by atoms with Gasteiger partial charge in [-0.3, -0.25) is 4.68 Å². The molecule has 7 heteroatoms. The number of hydrogen-bond acceptors (Lipinski definition) is 6. The van der Waals surface area contributed by atoms with E-state index in [1.165, 1.54) is 19.4 Å². The molecule has 0 aliphatic carbocycles. The van der Waals surface area contributed by atoms with Gasteiger partial charge in [-0.05, 0) is 18.6 Å². The zero-order valence-electron chi connectivity index (χ0n) is 11.5. The van der Waals surface area contributed by atoms with Crippen molar-refractivity contribution in [2.24, 2.45) is 0 Å². The molecule has 106 valence electrons. The van der Waals surface area contributed by atoms with Crippen molar-refractivity contribution >= 4 is 17.5 Å². The van der Waals surface area contributed by atoms with E-state index in [9.17, 15) is 4.79 Å². The Morgan fingerprint density at radius 2 is 2.35 bits per heavy atom. The molecule has 20 heavy (non-hydrogen) atoms. The molecular weight excluding hydrogens is 258 g/mol. The van der Waals surface area contributed by atoms with E-state index in [2.05, 4.69) is 20.1 Å². The number of rotatable bonds is 5. The first-order valence-corrected chi connectivity index (χ1v) is 6.17. The van der Waals surface area contributed by atoms with Crippen molar-refractivity contribution in [1.82, 2.24) is 14.8 Å². The van der Waals surface area contributed by atoms with Crippen LogP contribution in [0.1, 0.15) is 15.9 Å². The molecule has 0 atom stereocenters. The predicted octanol–water partition coefficient (Wildman–Crippen LogP) is 1.07. The number of aromatic nitrogens is 3. The first-order chi connectivity index (χ1) is 9.61. The molecule has 0 unspecified atom stereocenters. The highest BCUT2D eigenvalue weighted by molar-refractivity contribution is 5.97. The van der Waals surface area contributed by atoms with Gasteiger partial charge in [0.25, 0.3) is 0 Å². The van der Waals surface area contributed by atoms with Crippen LogP contribution in [0.5, 0.6) is 0 Å². The summed E-state index contributed by atoms with van der Waals surface area (Å²) in [6.45, 7) is 3.26. The SMILES string of the molecule is COC(=O)c1ccnc(NCCn2cc(C)cn2)c1N. The van der Waals surface area contributed by atoms with Crippen LogP contribution in [0.15, 0.2) is 24.7 Å². The van der Waals surface area contributed by atoms with Crippen LogP contribution in [-0.2, 0) is 11.3 Å². The van der Waals surface area contributed by atoms with Crippen LogP contribution >= 0.6 is 0 Å². The molecule has 0 saturated heterocycles. The summed E-state index contributed by atoms with van der Waals surface area (Å²) in [4.78, 5) is 15.6. The molecule has 2 rings (SSSR count). The van der Waals surface area contributed by atoms with Gasteiger partial charge in [0.05, 0.1) is 31.1 Å². The Morgan fingerprint density at radius 3 is 3.00 bits per heavy atom. The number of methoxy groups -OCH3 is 1. The number of anilines is 2. The van der Waals surface area contributed by atoms with Gasteiger partial charge in [0.15, 0.2) is 0 Å². The van der Waals surface area contributed by atoms with Crippen LogP contribution in [0.4, 0.5) is 11.5 Å². The highest BCUT2D eigenvalue weighted by Gasteiger charge is 2.13. The van der Waals surface area contributed by atoms with Gasteiger partial charge in [0.2, 0.25) is 0 Å². The van der Waals surface area contributed by atoms with Crippen molar-refractivity contribution in [2.75, 3.05) is 24.7 Å². The van der Waals surface area contributed by atoms with E-state index in [4.69, 9.17) is 5.73 Å². The number of aryl methyl sites for hydroxylation is 1. The Morgan fingerprint density at radius 1 is 1.55 bits per heavy atom. The van der Waals surface area contributed by atoms with E-state index < -0.39 is 5.97 Å². The molecule has 0 amide bonds. The van der Waals surface area contributed by atoms with E-state index >= 15 is 0 Å². The number of pyridine rings is 1. The lowest BCUT2D eigenvalue weighted by atomic mass is 10.2. The minimum Gasteiger partial charge on any atom is -0.465 e. The van der Waals surface area contributed by atoms with Gasteiger partial charge in [-0.25, -0.2) is 9.78 Å². The molecule has 2 heterocycles. The molecule has 2 aromatic rings. The van der Waals surface area contributed by atoms with Crippen LogP contribution < -0.4 is 11.1 Å². The highest BCUT2D eigenvalue weighted by atomic mass is 16.5.